The number of alkyl halides is 3. The van der Waals surface area contributed by atoms with Crippen LogP contribution in [0.5, 0.6) is 0 Å². The van der Waals surface area contributed by atoms with Gasteiger partial charge in [0.2, 0.25) is 0 Å². The van der Waals surface area contributed by atoms with Crippen LogP contribution in [0.1, 0.15) is 21.6 Å². The Morgan fingerprint density at radius 2 is 1.87 bits per heavy atom. The minimum atomic E-state index is -5.04. The van der Waals surface area contributed by atoms with Crippen LogP contribution in [0.15, 0.2) is 42.5 Å². The fourth-order valence-electron chi connectivity index (χ4n) is 3.80. The highest BCUT2D eigenvalue weighted by Crippen LogP contribution is 2.34. The van der Waals surface area contributed by atoms with E-state index >= 15 is 0 Å². The fraction of sp³-hybridized carbons (Fsp3) is 0.200. The van der Waals surface area contributed by atoms with E-state index in [-0.39, 0.29) is 29.9 Å². The molecular weight excluding hydrogens is 439 g/mol. The Kier molecular flexibility index (Phi) is 4.97. The van der Waals surface area contributed by atoms with E-state index in [4.69, 9.17) is 11.6 Å². The van der Waals surface area contributed by atoms with Crippen LogP contribution in [0.4, 0.5) is 18.9 Å². The highest BCUT2D eigenvalue weighted by atomic mass is 35.5. The zero-order valence-electron chi connectivity index (χ0n) is 15.6. The van der Waals surface area contributed by atoms with Crippen LogP contribution in [-0.2, 0) is 17.8 Å². The van der Waals surface area contributed by atoms with Crippen molar-refractivity contribution in [2.24, 2.45) is 0 Å². The summed E-state index contributed by atoms with van der Waals surface area (Å²) < 4.78 is 40.1. The summed E-state index contributed by atoms with van der Waals surface area (Å²) in [5.41, 5.74) is 0.920. The number of nitro groups is 1. The standard InChI is InChI=1S/C20H13ClF3N3O4/c21-12-4-5-16-15(9-12)14-6-7-25(19(29)20(22,23)24)10-17(14)26(16)18(28)11-2-1-3-13(8-11)27(30)31/h1-5,8-9H,6-7,10H2. The Hall–Kier alpha value is -3.40. The average Bonchev–Trinajstić information content (AvgIpc) is 3.04. The third-order valence-electron chi connectivity index (χ3n) is 5.15. The molecule has 1 amide bonds. The van der Waals surface area contributed by atoms with Gasteiger partial charge in [0.1, 0.15) is 0 Å². The van der Waals surface area contributed by atoms with E-state index in [0.717, 1.165) is 6.07 Å². The highest BCUT2D eigenvalue weighted by Gasteiger charge is 2.44. The van der Waals surface area contributed by atoms with Gasteiger partial charge in [-0.15, -0.1) is 0 Å². The Balaban J connectivity index is 1.88. The number of halogens is 4. The largest absolute Gasteiger partial charge is 0.471 e. The van der Waals surface area contributed by atoms with Crippen molar-refractivity contribution in [3.05, 3.63) is 74.4 Å². The smallest absolute Gasteiger partial charge is 0.329 e. The second-order valence-electron chi connectivity index (χ2n) is 7.01. The molecule has 4 rings (SSSR count). The molecule has 160 valence electrons. The molecule has 0 unspecified atom stereocenters. The van der Waals surface area contributed by atoms with Gasteiger partial charge >= 0.3 is 12.1 Å². The summed E-state index contributed by atoms with van der Waals surface area (Å²) >= 11 is 6.08. The topological polar surface area (TPSA) is 85.4 Å². The van der Waals surface area contributed by atoms with Gasteiger partial charge in [-0.05, 0) is 36.2 Å². The Morgan fingerprint density at radius 3 is 2.55 bits per heavy atom. The molecule has 0 radical (unpaired) electrons. The number of benzene rings is 2. The number of aromatic nitrogens is 1. The van der Waals surface area contributed by atoms with E-state index in [9.17, 15) is 32.9 Å². The van der Waals surface area contributed by atoms with Gasteiger partial charge in [-0.2, -0.15) is 13.2 Å². The summed E-state index contributed by atoms with van der Waals surface area (Å²) in [7, 11) is 0. The first-order valence-corrected chi connectivity index (χ1v) is 9.42. The molecule has 11 heteroatoms. The Morgan fingerprint density at radius 1 is 1.13 bits per heavy atom. The summed E-state index contributed by atoms with van der Waals surface area (Å²) in [6.45, 7) is -0.595. The summed E-state index contributed by atoms with van der Waals surface area (Å²) in [5.74, 6) is -2.64. The van der Waals surface area contributed by atoms with Crippen LogP contribution in [0.2, 0.25) is 5.02 Å². The van der Waals surface area contributed by atoms with Crippen LogP contribution >= 0.6 is 11.6 Å². The molecule has 0 bridgehead atoms. The molecule has 0 saturated carbocycles. The van der Waals surface area contributed by atoms with Crippen molar-refractivity contribution in [2.75, 3.05) is 6.54 Å². The number of rotatable bonds is 2. The Bertz CT molecular complexity index is 1250. The summed E-state index contributed by atoms with van der Waals surface area (Å²) in [6.07, 6.45) is -4.94. The molecule has 0 fully saturated rings. The highest BCUT2D eigenvalue weighted by molar-refractivity contribution is 6.31. The van der Waals surface area contributed by atoms with Gasteiger partial charge in [0.05, 0.1) is 17.0 Å². The average molecular weight is 452 g/mol. The lowest BCUT2D eigenvalue weighted by atomic mass is 10.0. The molecule has 0 aliphatic carbocycles. The number of amides is 1. The molecule has 7 nitrogen and oxygen atoms in total. The van der Waals surface area contributed by atoms with Crippen molar-refractivity contribution in [1.82, 2.24) is 9.47 Å². The van der Waals surface area contributed by atoms with Gasteiger partial charge in [0.15, 0.2) is 0 Å². The lowest BCUT2D eigenvalue weighted by molar-refractivity contribution is -0.384. The quantitative estimate of drug-likeness (QED) is 0.428. The SMILES string of the molecule is O=C(c1cccc([N+](=O)[O-])c1)n1c2c(c3cc(Cl)ccc31)CCN(C(=O)C(F)(F)F)C2. The first-order chi connectivity index (χ1) is 14.6. The first kappa shape index (κ1) is 20.9. The van der Waals surface area contributed by atoms with E-state index in [1.807, 2.05) is 0 Å². The van der Waals surface area contributed by atoms with Gasteiger partial charge in [0.25, 0.3) is 11.6 Å². The third-order valence-corrected chi connectivity index (χ3v) is 5.39. The van der Waals surface area contributed by atoms with Crippen molar-refractivity contribution in [3.8, 4) is 0 Å². The van der Waals surface area contributed by atoms with E-state index in [2.05, 4.69) is 0 Å². The van der Waals surface area contributed by atoms with Crippen LogP contribution < -0.4 is 0 Å². The monoisotopic (exact) mass is 451 g/mol. The van der Waals surface area contributed by atoms with Crippen LogP contribution in [-0.4, -0.2) is 38.9 Å². The van der Waals surface area contributed by atoms with E-state index in [1.165, 1.54) is 28.8 Å². The maximum atomic E-state index is 13.3. The molecule has 0 atom stereocenters. The minimum absolute atomic E-state index is 0.0110. The third kappa shape index (κ3) is 3.63. The molecule has 31 heavy (non-hydrogen) atoms. The minimum Gasteiger partial charge on any atom is -0.329 e. The van der Waals surface area contributed by atoms with Gasteiger partial charge in [-0.3, -0.25) is 24.3 Å². The normalized spacial score (nSPS) is 13.9. The number of hydrogen-bond acceptors (Lipinski definition) is 4. The van der Waals surface area contributed by atoms with Crippen molar-refractivity contribution >= 4 is 40.0 Å². The molecule has 2 aromatic carbocycles. The molecule has 1 aromatic heterocycles. The van der Waals surface area contributed by atoms with Crippen molar-refractivity contribution in [3.63, 3.8) is 0 Å². The molecule has 3 aromatic rings. The van der Waals surface area contributed by atoms with Gasteiger partial charge in [0, 0.05) is 40.3 Å². The molecule has 0 spiro atoms. The van der Waals surface area contributed by atoms with E-state index in [1.54, 1.807) is 12.1 Å². The van der Waals surface area contributed by atoms with Gasteiger partial charge in [-0.25, -0.2) is 0 Å². The summed E-state index contributed by atoms with van der Waals surface area (Å²) in [6, 6.07) is 9.74. The number of hydrogen-bond donors (Lipinski definition) is 0. The number of carbonyl (C=O) groups excluding carboxylic acids is 2. The number of nitro benzene ring substituents is 1. The van der Waals surface area contributed by atoms with Crippen LogP contribution in [0.3, 0.4) is 0 Å². The van der Waals surface area contributed by atoms with Gasteiger partial charge < -0.3 is 4.90 Å². The van der Waals surface area contributed by atoms with Crippen molar-refractivity contribution in [1.29, 1.82) is 0 Å². The maximum absolute atomic E-state index is 13.3. The predicted molar refractivity (Wildman–Crippen MR) is 105 cm³/mol. The lowest BCUT2D eigenvalue weighted by Gasteiger charge is -2.28. The van der Waals surface area contributed by atoms with E-state index in [0.29, 0.717) is 26.4 Å². The fourth-order valence-corrected chi connectivity index (χ4v) is 3.97. The van der Waals surface area contributed by atoms with Gasteiger partial charge in [-0.1, -0.05) is 17.7 Å². The zero-order chi connectivity index (χ0) is 22.5. The van der Waals surface area contributed by atoms with Crippen molar-refractivity contribution < 1.29 is 27.7 Å². The number of nitrogens with zero attached hydrogens (tertiary/aromatic N) is 3. The molecule has 1 aliphatic heterocycles. The van der Waals surface area contributed by atoms with Crippen molar-refractivity contribution in [2.45, 2.75) is 19.1 Å². The predicted octanol–water partition coefficient (Wildman–Crippen LogP) is 4.34. The number of carbonyl (C=O) groups is 2. The Labute approximate surface area is 177 Å². The zero-order valence-corrected chi connectivity index (χ0v) is 16.4. The van der Waals surface area contributed by atoms with E-state index < -0.39 is 29.5 Å². The number of non-ortho nitro benzene ring substituents is 1. The second-order valence-corrected chi connectivity index (χ2v) is 7.45. The number of fused-ring (bicyclic) bond motifs is 3. The summed E-state index contributed by atoms with van der Waals surface area (Å²) in [5, 5.41) is 12.0. The maximum Gasteiger partial charge on any atom is 0.471 e. The second kappa shape index (κ2) is 7.38. The van der Waals surface area contributed by atoms with Crippen LogP contribution in [0, 0.1) is 10.1 Å². The first-order valence-electron chi connectivity index (χ1n) is 9.05. The molecule has 0 saturated heterocycles. The molecule has 0 N–H and O–H groups in total. The lowest BCUT2D eigenvalue weighted by Crippen LogP contribution is -2.44. The van der Waals surface area contributed by atoms with Crippen LogP contribution in [0.25, 0.3) is 10.9 Å². The molecule has 2 heterocycles. The molecule has 1 aliphatic rings. The molecular formula is C20H13ClF3N3O4. The summed E-state index contributed by atoms with van der Waals surface area (Å²) in [4.78, 5) is 36.2.